The smallest absolute Gasteiger partial charge is 0.235 e. The second-order valence-electron chi connectivity index (χ2n) is 3.35. The summed E-state index contributed by atoms with van der Waals surface area (Å²) in [5, 5.41) is 0. The van der Waals surface area contributed by atoms with Crippen molar-refractivity contribution in [3.8, 4) is 0 Å². The molecule has 0 heterocycles. The SMILES string of the molecule is CN[SiH2]OCCC1CCCC1. The fraction of sp³-hybridized carbons (Fsp3) is 1.00. The van der Waals surface area contributed by atoms with Crippen molar-refractivity contribution in [2.75, 3.05) is 13.7 Å². The minimum absolute atomic E-state index is 0.366. The van der Waals surface area contributed by atoms with Crippen LogP contribution in [0.1, 0.15) is 32.1 Å². The number of hydrogen-bond acceptors (Lipinski definition) is 2. The second kappa shape index (κ2) is 5.74. The molecule has 1 N–H and O–H groups in total. The molecule has 2 nitrogen and oxygen atoms in total. The standard InChI is InChI=1S/C8H19NOSi/c1-9-11-10-7-6-8-4-2-3-5-8/h8-9H,2-7,11H2,1H3. The summed E-state index contributed by atoms with van der Waals surface area (Å²) >= 11 is 0. The third kappa shape index (κ3) is 3.89. The van der Waals surface area contributed by atoms with E-state index in [1.54, 1.807) is 0 Å². The van der Waals surface area contributed by atoms with Gasteiger partial charge in [0.15, 0.2) is 0 Å². The Morgan fingerprint density at radius 2 is 2.18 bits per heavy atom. The maximum atomic E-state index is 5.47. The van der Waals surface area contributed by atoms with E-state index in [4.69, 9.17) is 4.43 Å². The molecule has 0 amide bonds. The lowest BCUT2D eigenvalue weighted by atomic mass is 10.1. The highest BCUT2D eigenvalue weighted by molar-refractivity contribution is 6.23. The minimum atomic E-state index is -0.366. The van der Waals surface area contributed by atoms with Crippen LogP contribution in [-0.2, 0) is 4.43 Å². The van der Waals surface area contributed by atoms with E-state index in [-0.39, 0.29) is 9.92 Å². The Morgan fingerprint density at radius 3 is 2.82 bits per heavy atom. The lowest BCUT2D eigenvalue weighted by Crippen LogP contribution is -2.17. The first-order valence-electron chi connectivity index (χ1n) is 4.66. The summed E-state index contributed by atoms with van der Waals surface area (Å²) in [4.78, 5) is 3.11. The van der Waals surface area contributed by atoms with Gasteiger partial charge in [-0.2, -0.15) is 0 Å². The molecule has 1 aliphatic rings. The molecular formula is C8H19NOSi. The van der Waals surface area contributed by atoms with Crippen LogP contribution >= 0.6 is 0 Å². The van der Waals surface area contributed by atoms with E-state index in [2.05, 4.69) is 4.98 Å². The normalized spacial score (nSPS) is 20.5. The maximum Gasteiger partial charge on any atom is 0.235 e. The van der Waals surface area contributed by atoms with Crippen molar-refractivity contribution in [3.63, 3.8) is 0 Å². The van der Waals surface area contributed by atoms with Crippen LogP contribution in [0.25, 0.3) is 0 Å². The molecule has 0 aromatic rings. The monoisotopic (exact) mass is 173 g/mol. The van der Waals surface area contributed by atoms with Crippen LogP contribution in [0.5, 0.6) is 0 Å². The van der Waals surface area contributed by atoms with Gasteiger partial charge in [0, 0.05) is 6.61 Å². The molecule has 66 valence electrons. The minimum Gasteiger partial charge on any atom is -0.409 e. The van der Waals surface area contributed by atoms with Gasteiger partial charge in [0.2, 0.25) is 9.92 Å². The first kappa shape index (κ1) is 9.23. The largest absolute Gasteiger partial charge is 0.409 e. The number of hydrogen-bond donors (Lipinski definition) is 1. The molecule has 1 saturated carbocycles. The van der Waals surface area contributed by atoms with Gasteiger partial charge in [-0.3, -0.25) is 0 Å². The molecule has 0 atom stereocenters. The molecule has 0 radical (unpaired) electrons. The van der Waals surface area contributed by atoms with Gasteiger partial charge in [-0.05, 0) is 19.4 Å². The molecule has 0 aliphatic heterocycles. The Labute approximate surface area is 71.7 Å². The topological polar surface area (TPSA) is 21.3 Å². The van der Waals surface area contributed by atoms with E-state index in [9.17, 15) is 0 Å². The zero-order chi connectivity index (χ0) is 7.94. The highest BCUT2D eigenvalue weighted by Gasteiger charge is 2.13. The summed E-state index contributed by atoms with van der Waals surface area (Å²) in [7, 11) is 1.61. The number of nitrogens with one attached hydrogen (secondary N) is 1. The first-order chi connectivity index (χ1) is 5.43. The van der Waals surface area contributed by atoms with Gasteiger partial charge in [-0.25, -0.2) is 0 Å². The Hall–Kier alpha value is 0.137. The molecule has 0 saturated heterocycles. The van der Waals surface area contributed by atoms with Crippen molar-refractivity contribution in [1.29, 1.82) is 0 Å². The Morgan fingerprint density at radius 1 is 1.45 bits per heavy atom. The van der Waals surface area contributed by atoms with Crippen molar-refractivity contribution in [2.24, 2.45) is 5.92 Å². The van der Waals surface area contributed by atoms with Crippen molar-refractivity contribution in [2.45, 2.75) is 32.1 Å². The van der Waals surface area contributed by atoms with Crippen LogP contribution in [0.2, 0.25) is 0 Å². The van der Waals surface area contributed by atoms with Gasteiger partial charge in [0.1, 0.15) is 0 Å². The molecule has 0 unspecified atom stereocenters. The van der Waals surface area contributed by atoms with Gasteiger partial charge in [-0.15, -0.1) is 0 Å². The fourth-order valence-electron chi connectivity index (χ4n) is 1.72. The molecule has 3 heteroatoms. The van der Waals surface area contributed by atoms with E-state index in [0.717, 1.165) is 12.5 Å². The van der Waals surface area contributed by atoms with Crippen molar-refractivity contribution < 1.29 is 4.43 Å². The summed E-state index contributed by atoms with van der Waals surface area (Å²) in [5.41, 5.74) is 0. The van der Waals surface area contributed by atoms with Gasteiger partial charge < -0.3 is 9.41 Å². The molecule has 0 aromatic carbocycles. The summed E-state index contributed by atoms with van der Waals surface area (Å²) in [6.07, 6.45) is 7.10. The van der Waals surface area contributed by atoms with Crippen LogP contribution in [-0.4, -0.2) is 23.6 Å². The van der Waals surface area contributed by atoms with Gasteiger partial charge in [-0.1, -0.05) is 25.7 Å². The second-order valence-corrected chi connectivity index (χ2v) is 4.75. The first-order valence-corrected chi connectivity index (χ1v) is 5.94. The Kier molecular flexibility index (Phi) is 4.82. The van der Waals surface area contributed by atoms with E-state index in [1.807, 2.05) is 7.05 Å². The van der Waals surface area contributed by atoms with Crippen molar-refractivity contribution >= 4 is 9.92 Å². The zero-order valence-electron chi connectivity index (χ0n) is 7.44. The van der Waals surface area contributed by atoms with E-state index in [1.165, 1.54) is 32.1 Å². The quantitative estimate of drug-likeness (QED) is 0.490. The number of rotatable bonds is 5. The third-order valence-corrected chi connectivity index (χ3v) is 3.17. The van der Waals surface area contributed by atoms with E-state index in [0.29, 0.717) is 0 Å². The van der Waals surface area contributed by atoms with Gasteiger partial charge in [0.05, 0.1) is 0 Å². The van der Waals surface area contributed by atoms with E-state index < -0.39 is 0 Å². The van der Waals surface area contributed by atoms with E-state index >= 15 is 0 Å². The summed E-state index contributed by atoms with van der Waals surface area (Å²) < 4.78 is 5.47. The van der Waals surface area contributed by atoms with Crippen LogP contribution in [0.15, 0.2) is 0 Å². The molecule has 1 rings (SSSR count). The highest BCUT2D eigenvalue weighted by atomic mass is 28.2. The molecule has 1 aliphatic carbocycles. The Bertz CT molecular complexity index is 94.1. The predicted octanol–water partition coefficient (Wildman–Crippen LogP) is 0.801. The summed E-state index contributed by atoms with van der Waals surface area (Å²) in [5.74, 6) is 0.987. The molecule has 0 spiro atoms. The average Bonchev–Trinajstić information content (AvgIpc) is 2.50. The van der Waals surface area contributed by atoms with Gasteiger partial charge >= 0.3 is 0 Å². The van der Waals surface area contributed by atoms with Crippen molar-refractivity contribution in [1.82, 2.24) is 4.98 Å². The van der Waals surface area contributed by atoms with Gasteiger partial charge in [0.25, 0.3) is 0 Å². The molecular weight excluding hydrogens is 154 g/mol. The lowest BCUT2D eigenvalue weighted by molar-refractivity contribution is 0.288. The zero-order valence-corrected chi connectivity index (χ0v) is 8.85. The molecule has 0 bridgehead atoms. The van der Waals surface area contributed by atoms with Crippen LogP contribution in [0.4, 0.5) is 0 Å². The third-order valence-electron chi connectivity index (χ3n) is 2.39. The summed E-state index contributed by atoms with van der Waals surface area (Å²) in [6.45, 7) is 0.998. The molecule has 11 heavy (non-hydrogen) atoms. The van der Waals surface area contributed by atoms with Crippen LogP contribution in [0.3, 0.4) is 0 Å². The molecule has 0 aromatic heterocycles. The average molecular weight is 173 g/mol. The van der Waals surface area contributed by atoms with Crippen LogP contribution < -0.4 is 4.98 Å². The maximum absolute atomic E-state index is 5.47. The summed E-state index contributed by atoms with van der Waals surface area (Å²) in [6, 6.07) is 0. The van der Waals surface area contributed by atoms with Crippen molar-refractivity contribution in [3.05, 3.63) is 0 Å². The predicted molar refractivity (Wildman–Crippen MR) is 50.1 cm³/mol. The fourth-order valence-corrected chi connectivity index (χ4v) is 2.24. The highest BCUT2D eigenvalue weighted by Crippen LogP contribution is 2.27. The lowest BCUT2D eigenvalue weighted by Gasteiger charge is -2.08. The molecule has 1 fully saturated rings. The Balaban J connectivity index is 1.86. The van der Waals surface area contributed by atoms with Crippen LogP contribution in [0, 0.1) is 5.92 Å².